The van der Waals surface area contributed by atoms with E-state index in [2.05, 4.69) is 5.32 Å². The summed E-state index contributed by atoms with van der Waals surface area (Å²) in [6.45, 7) is 4.54. The summed E-state index contributed by atoms with van der Waals surface area (Å²) in [6, 6.07) is 7.71. The Morgan fingerprint density at radius 2 is 2.21 bits per heavy atom. The van der Waals surface area contributed by atoms with E-state index in [-0.39, 0.29) is 24.4 Å². The molecule has 0 saturated heterocycles. The molecular formula is C14H21ClN2O2. The number of nitrogens with two attached hydrogens (primary N) is 1. The van der Waals surface area contributed by atoms with Gasteiger partial charge in [-0.15, -0.1) is 12.4 Å². The van der Waals surface area contributed by atoms with Gasteiger partial charge in [-0.3, -0.25) is 4.79 Å². The Kier molecular flexibility index (Phi) is 5.20. The summed E-state index contributed by atoms with van der Waals surface area (Å²) in [4.78, 5) is 11.9. The first-order chi connectivity index (χ1) is 8.55. The predicted octanol–water partition coefficient (Wildman–Crippen LogP) is 2.18. The Bertz CT molecular complexity index is 447. The molecular weight excluding hydrogens is 264 g/mol. The average molecular weight is 285 g/mol. The topological polar surface area (TPSA) is 64.3 Å². The zero-order chi connectivity index (χ0) is 13.2. The lowest BCUT2D eigenvalue weighted by Crippen LogP contribution is -2.43. The van der Waals surface area contributed by atoms with Gasteiger partial charge in [-0.1, -0.05) is 12.1 Å². The van der Waals surface area contributed by atoms with E-state index in [1.807, 2.05) is 38.1 Å². The minimum atomic E-state index is -0.619. The molecule has 4 nitrogen and oxygen atoms in total. The van der Waals surface area contributed by atoms with Crippen LogP contribution in [0.1, 0.15) is 38.3 Å². The third-order valence-electron chi connectivity index (χ3n) is 3.26. The molecule has 3 N–H and O–H groups in total. The van der Waals surface area contributed by atoms with Crippen LogP contribution in [0, 0.1) is 0 Å². The van der Waals surface area contributed by atoms with Crippen LogP contribution < -0.4 is 15.8 Å². The van der Waals surface area contributed by atoms with Gasteiger partial charge >= 0.3 is 0 Å². The fourth-order valence-electron chi connectivity index (χ4n) is 1.83. The third-order valence-corrected chi connectivity index (χ3v) is 3.26. The Balaban J connectivity index is 0.00000180. The maximum atomic E-state index is 11.9. The van der Waals surface area contributed by atoms with Gasteiger partial charge in [0.25, 0.3) is 0 Å². The number of benzene rings is 1. The minimum absolute atomic E-state index is 0. The summed E-state index contributed by atoms with van der Waals surface area (Å²) < 4.78 is 5.44. The van der Waals surface area contributed by atoms with Crippen molar-refractivity contribution in [2.75, 3.05) is 6.61 Å². The van der Waals surface area contributed by atoms with Crippen molar-refractivity contribution in [2.45, 2.75) is 38.3 Å². The monoisotopic (exact) mass is 284 g/mol. The number of hydrogen-bond acceptors (Lipinski definition) is 3. The van der Waals surface area contributed by atoms with Crippen molar-refractivity contribution in [3.05, 3.63) is 29.8 Å². The van der Waals surface area contributed by atoms with Crippen LogP contribution in [0.3, 0.4) is 0 Å². The van der Waals surface area contributed by atoms with Crippen molar-refractivity contribution in [1.82, 2.24) is 5.32 Å². The van der Waals surface area contributed by atoms with E-state index < -0.39 is 5.54 Å². The molecule has 1 amide bonds. The van der Waals surface area contributed by atoms with Crippen molar-refractivity contribution >= 4 is 18.3 Å². The second-order valence-electron chi connectivity index (χ2n) is 4.86. The molecule has 1 unspecified atom stereocenters. The summed E-state index contributed by atoms with van der Waals surface area (Å²) >= 11 is 0. The number of rotatable bonds is 5. The number of halogens is 1. The lowest BCUT2D eigenvalue weighted by Gasteiger charge is -2.18. The standard InChI is InChI=1S/C14H20N2O2.ClH/c1-3-18-12-6-4-5-11(9-12)10(2)16-13(17)14(15)7-8-14;/h4-6,9-10H,3,7-8,15H2,1-2H3,(H,16,17);1H. The molecule has 0 radical (unpaired) electrons. The van der Waals surface area contributed by atoms with Gasteiger partial charge in [-0.25, -0.2) is 0 Å². The van der Waals surface area contributed by atoms with Crippen molar-refractivity contribution < 1.29 is 9.53 Å². The van der Waals surface area contributed by atoms with Crippen molar-refractivity contribution in [3.8, 4) is 5.75 Å². The first kappa shape index (κ1) is 15.8. The SMILES string of the molecule is CCOc1cccc(C(C)NC(=O)C2(N)CC2)c1.Cl. The van der Waals surface area contributed by atoms with Gasteiger partial charge < -0.3 is 15.8 Å². The maximum absolute atomic E-state index is 11.9. The highest BCUT2D eigenvalue weighted by molar-refractivity contribution is 5.89. The number of carbonyl (C=O) groups is 1. The first-order valence-corrected chi connectivity index (χ1v) is 6.38. The molecule has 1 fully saturated rings. The summed E-state index contributed by atoms with van der Waals surface area (Å²) in [5.74, 6) is 0.766. The molecule has 1 aromatic carbocycles. The van der Waals surface area contributed by atoms with Gasteiger partial charge in [0.05, 0.1) is 18.2 Å². The first-order valence-electron chi connectivity index (χ1n) is 6.38. The van der Waals surface area contributed by atoms with Gasteiger partial charge in [0.15, 0.2) is 0 Å². The lowest BCUT2D eigenvalue weighted by molar-refractivity contribution is -0.123. The van der Waals surface area contributed by atoms with E-state index in [9.17, 15) is 4.79 Å². The third kappa shape index (κ3) is 3.85. The number of ether oxygens (including phenoxy) is 1. The Labute approximate surface area is 120 Å². The van der Waals surface area contributed by atoms with Crippen LogP contribution in [0.25, 0.3) is 0 Å². The number of hydrogen-bond donors (Lipinski definition) is 2. The molecule has 0 spiro atoms. The highest BCUT2D eigenvalue weighted by Gasteiger charge is 2.46. The maximum Gasteiger partial charge on any atom is 0.240 e. The molecule has 1 saturated carbocycles. The number of carbonyl (C=O) groups excluding carboxylic acids is 1. The lowest BCUT2D eigenvalue weighted by atomic mass is 10.1. The fourth-order valence-corrected chi connectivity index (χ4v) is 1.83. The van der Waals surface area contributed by atoms with Crippen molar-refractivity contribution in [1.29, 1.82) is 0 Å². The quantitative estimate of drug-likeness (QED) is 0.871. The van der Waals surface area contributed by atoms with E-state index >= 15 is 0 Å². The molecule has 1 aliphatic carbocycles. The van der Waals surface area contributed by atoms with E-state index in [1.165, 1.54) is 0 Å². The van der Waals surface area contributed by atoms with Crippen LogP contribution in [0.4, 0.5) is 0 Å². The number of nitrogens with one attached hydrogen (secondary N) is 1. The predicted molar refractivity (Wildman–Crippen MR) is 77.6 cm³/mol. The van der Waals surface area contributed by atoms with Crippen LogP contribution in [-0.4, -0.2) is 18.1 Å². The van der Waals surface area contributed by atoms with Gasteiger partial charge in [0.1, 0.15) is 5.75 Å². The Hall–Kier alpha value is -1.26. The van der Waals surface area contributed by atoms with E-state index in [1.54, 1.807) is 0 Å². The molecule has 106 valence electrons. The fraction of sp³-hybridized carbons (Fsp3) is 0.500. The highest BCUT2D eigenvalue weighted by atomic mass is 35.5. The second kappa shape index (κ2) is 6.26. The van der Waals surface area contributed by atoms with E-state index in [0.29, 0.717) is 6.61 Å². The molecule has 1 aromatic rings. The molecule has 1 atom stereocenters. The molecule has 19 heavy (non-hydrogen) atoms. The zero-order valence-corrected chi connectivity index (χ0v) is 12.1. The van der Waals surface area contributed by atoms with Crippen LogP contribution >= 0.6 is 12.4 Å². The van der Waals surface area contributed by atoms with Gasteiger partial charge in [-0.05, 0) is 44.4 Å². The largest absolute Gasteiger partial charge is 0.494 e. The van der Waals surface area contributed by atoms with Crippen molar-refractivity contribution in [2.24, 2.45) is 5.73 Å². The van der Waals surface area contributed by atoms with Gasteiger partial charge in [-0.2, -0.15) is 0 Å². The molecule has 0 heterocycles. The van der Waals surface area contributed by atoms with Crippen LogP contribution in [0.15, 0.2) is 24.3 Å². The van der Waals surface area contributed by atoms with Crippen LogP contribution in [-0.2, 0) is 4.79 Å². The Morgan fingerprint density at radius 3 is 2.79 bits per heavy atom. The van der Waals surface area contributed by atoms with Gasteiger partial charge in [0, 0.05) is 0 Å². The number of amides is 1. The molecule has 1 aliphatic rings. The summed E-state index contributed by atoms with van der Waals surface area (Å²) in [6.07, 6.45) is 1.56. The zero-order valence-electron chi connectivity index (χ0n) is 11.3. The minimum Gasteiger partial charge on any atom is -0.494 e. The van der Waals surface area contributed by atoms with Gasteiger partial charge in [0.2, 0.25) is 5.91 Å². The van der Waals surface area contributed by atoms with Crippen LogP contribution in [0.5, 0.6) is 5.75 Å². The molecule has 0 bridgehead atoms. The molecule has 2 rings (SSSR count). The Morgan fingerprint density at radius 1 is 1.53 bits per heavy atom. The highest BCUT2D eigenvalue weighted by Crippen LogP contribution is 2.33. The normalized spacial score (nSPS) is 17.0. The summed E-state index contributed by atoms with van der Waals surface area (Å²) in [7, 11) is 0. The molecule has 0 aliphatic heterocycles. The van der Waals surface area contributed by atoms with E-state index in [4.69, 9.17) is 10.5 Å². The summed E-state index contributed by atoms with van der Waals surface area (Å²) in [5.41, 5.74) is 6.26. The second-order valence-corrected chi connectivity index (χ2v) is 4.86. The van der Waals surface area contributed by atoms with Crippen LogP contribution in [0.2, 0.25) is 0 Å². The summed E-state index contributed by atoms with van der Waals surface area (Å²) in [5, 5.41) is 2.95. The van der Waals surface area contributed by atoms with E-state index in [0.717, 1.165) is 24.2 Å². The smallest absolute Gasteiger partial charge is 0.240 e. The van der Waals surface area contributed by atoms with Crippen molar-refractivity contribution in [3.63, 3.8) is 0 Å². The average Bonchev–Trinajstić information content (AvgIpc) is 3.09. The molecule has 0 aromatic heterocycles. The molecule has 5 heteroatoms.